The number of benzene rings is 2. The molecule has 2 aliphatic rings. The fourth-order valence-corrected chi connectivity index (χ4v) is 5.45. The molecule has 1 fully saturated rings. The van der Waals surface area contributed by atoms with Gasteiger partial charge in [-0.05, 0) is 49.2 Å². The van der Waals surface area contributed by atoms with Crippen molar-refractivity contribution in [2.45, 2.75) is 32.5 Å². The Balaban J connectivity index is 1.10. The van der Waals surface area contributed by atoms with Crippen LogP contribution in [0.5, 0.6) is 0 Å². The number of hydrogen-bond acceptors (Lipinski definition) is 6. The highest BCUT2D eigenvalue weighted by Gasteiger charge is 2.25. The molecule has 0 aliphatic carbocycles. The summed E-state index contributed by atoms with van der Waals surface area (Å²) in [5, 5.41) is 10.8. The molecule has 0 saturated carbocycles. The Hall–Kier alpha value is -4.21. The summed E-state index contributed by atoms with van der Waals surface area (Å²) in [6.07, 6.45) is 5.55. The molecular weight excluding hydrogens is 502 g/mol. The average molecular weight is 538 g/mol. The number of likely N-dealkylation sites (N-methyl/N-ethyl adjacent to an activating group) is 1. The number of aryl methyl sites for hydroxylation is 1. The highest BCUT2D eigenvalue weighted by atomic mass is 16.1. The van der Waals surface area contributed by atoms with Gasteiger partial charge in [-0.2, -0.15) is 5.10 Å². The molecule has 1 amide bonds. The number of amides is 1. The van der Waals surface area contributed by atoms with E-state index in [2.05, 4.69) is 87.0 Å². The molecule has 1 unspecified atom stereocenters. The van der Waals surface area contributed by atoms with Gasteiger partial charge in [0.05, 0.1) is 30.0 Å². The van der Waals surface area contributed by atoms with Gasteiger partial charge in [0.25, 0.3) is 11.5 Å². The van der Waals surface area contributed by atoms with Gasteiger partial charge in [-0.25, -0.2) is 0 Å². The second-order valence-electron chi connectivity index (χ2n) is 11.0. The number of nitrogens with zero attached hydrogens (tertiary/aromatic N) is 4. The summed E-state index contributed by atoms with van der Waals surface area (Å²) in [6.45, 7) is 7.93. The molecule has 0 radical (unpaired) electrons. The van der Waals surface area contributed by atoms with E-state index in [0.29, 0.717) is 23.4 Å². The summed E-state index contributed by atoms with van der Waals surface area (Å²) in [5.74, 6) is -0.274. The Kier molecular flexibility index (Phi) is 7.23. The van der Waals surface area contributed by atoms with Crippen LogP contribution in [0.1, 0.15) is 44.2 Å². The number of fused-ring (bicyclic) bond motifs is 1. The molecule has 2 aromatic heterocycles. The minimum Gasteiger partial charge on any atom is -0.377 e. The molecule has 2 aromatic carbocycles. The first kappa shape index (κ1) is 26.0. The van der Waals surface area contributed by atoms with Crippen molar-refractivity contribution in [1.82, 2.24) is 24.6 Å². The lowest BCUT2D eigenvalue weighted by Crippen LogP contribution is -2.43. The van der Waals surface area contributed by atoms with Crippen molar-refractivity contribution in [2.24, 2.45) is 0 Å². The van der Waals surface area contributed by atoms with Crippen molar-refractivity contribution in [2.75, 3.05) is 43.9 Å². The smallest absolute Gasteiger partial charge is 0.258 e. The van der Waals surface area contributed by atoms with Crippen LogP contribution in [0.25, 0.3) is 0 Å². The van der Waals surface area contributed by atoms with Crippen molar-refractivity contribution < 1.29 is 4.79 Å². The molecule has 9 heteroatoms. The third-order valence-corrected chi connectivity index (χ3v) is 7.85. The van der Waals surface area contributed by atoms with Gasteiger partial charge in [0.2, 0.25) is 0 Å². The number of hydrogen-bond donors (Lipinski definition) is 3. The number of carbonyl (C=O) groups excluding carboxylic acids is 1. The largest absolute Gasteiger partial charge is 0.377 e. The second-order valence-corrected chi connectivity index (χ2v) is 11.0. The molecule has 3 N–H and O–H groups in total. The molecule has 206 valence electrons. The summed E-state index contributed by atoms with van der Waals surface area (Å²) in [4.78, 5) is 33.4. The summed E-state index contributed by atoms with van der Waals surface area (Å²) >= 11 is 0. The van der Waals surface area contributed by atoms with Gasteiger partial charge in [0.15, 0.2) is 0 Å². The Morgan fingerprint density at radius 3 is 2.60 bits per heavy atom. The van der Waals surface area contributed by atoms with E-state index in [0.717, 1.165) is 50.4 Å². The first-order chi connectivity index (χ1) is 19.4. The zero-order chi connectivity index (χ0) is 27.6. The monoisotopic (exact) mass is 537 g/mol. The number of aromatic nitrogens is 3. The van der Waals surface area contributed by atoms with E-state index in [4.69, 9.17) is 0 Å². The van der Waals surface area contributed by atoms with Crippen molar-refractivity contribution >= 4 is 17.3 Å². The van der Waals surface area contributed by atoms with Gasteiger partial charge in [-0.15, -0.1) is 0 Å². The van der Waals surface area contributed by atoms with Gasteiger partial charge in [0, 0.05) is 56.4 Å². The van der Waals surface area contributed by atoms with Crippen LogP contribution in [-0.2, 0) is 19.5 Å². The topological polar surface area (TPSA) is 98.3 Å². The lowest BCUT2D eigenvalue weighted by molar-refractivity contribution is 0.102. The molecule has 1 atom stereocenters. The summed E-state index contributed by atoms with van der Waals surface area (Å²) in [5.41, 5.74) is 7.32. The molecule has 2 aliphatic heterocycles. The molecule has 1 saturated heterocycles. The standard InChI is InChI=1S/C31H35N7O2/c1-21-3-5-22(6-4-21)19-38-20-25(16-33-38)30(39)34-26-15-27(31(40)32-17-26)29-14-24-13-23(7-8-28(24)35-29)18-37-11-9-36(2)10-12-37/h3-8,13,15-17,20,29,35H,9-12,14,18-19H2,1-2H3,(H,32,40)(H,34,39). The molecule has 40 heavy (non-hydrogen) atoms. The minimum atomic E-state index is -0.274. The van der Waals surface area contributed by atoms with Crippen molar-refractivity contribution in [3.8, 4) is 0 Å². The number of H-pyrrole nitrogens is 1. The van der Waals surface area contributed by atoms with E-state index in [1.165, 1.54) is 22.9 Å². The van der Waals surface area contributed by atoms with Gasteiger partial charge >= 0.3 is 0 Å². The average Bonchev–Trinajstić information content (AvgIpc) is 3.59. The van der Waals surface area contributed by atoms with E-state index >= 15 is 0 Å². The van der Waals surface area contributed by atoms with E-state index in [-0.39, 0.29) is 17.5 Å². The Bertz CT molecular complexity index is 1570. The summed E-state index contributed by atoms with van der Waals surface area (Å²) in [6, 6.07) is 16.4. The van der Waals surface area contributed by atoms with Crippen LogP contribution in [-0.4, -0.2) is 63.7 Å². The van der Waals surface area contributed by atoms with Gasteiger partial charge < -0.3 is 20.5 Å². The fourth-order valence-electron chi connectivity index (χ4n) is 5.45. The number of pyridine rings is 1. The van der Waals surface area contributed by atoms with Gasteiger partial charge in [-0.1, -0.05) is 42.0 Å². The number of anilines is 2. The first-order valence-corrected chi connectivity index (χ1v) is 13.8. The number of carbonyl (C=O) groups is 1. The predicted octanol–water partition coefficient (Wildman–Crippen LogP) is 3.64. The predicted molar refractivity (Wildman–Crippen MR) is 157 cm³/mol. The van der Waals surface area contributed by atoms with Crippen LogP contribution in [0.2, 0.25) is 0 Å². The number of rotatable bonds is 7. The van der Waals surface area contributed by atoms with Crippen LogP contribution in [0.15, 0.2) is 71.9 Å². The number of aromatic amines is 1. The van der Waals surface area contributed by atoms with Crippen LogP contribution in [0, 0.1) is 6.92 Å². The van der Waals surface area contributed by atoms with Crippen molar-refractivity contribution in [1.29, 1.82) is 0 Å². The molecular formula is C31H35N7O2. The van der Waals surface area contributed by atoms with Crippen LogP contribution < -0.4 is 16.2 Å². The molecule has 4 aromatic rings. The first-order valence-electron chi connectivity index (χ1n) is 13.8. The van der Waals surface area contributed by atoms with Crippen LogP contribution >= 0.6 is 0 Å². The highest BCUT2D eigenvalue weighted by molar-refractivity contribution is 6.03. The highest BCUT2D eigenvalue weighted by Crippen LogP contribution is 2.34. The summed E-state index contributed by atoms with van der Waals surface area (Å²) in [7, 11) is 2.17. The lowest BCUT2D eigenvalue weighted by atomic mass is 10.0. The SMILES string of the molecule is Cc1ccc(Cn2cc(C(=O)Nc3c[nH]c(=O)c(C4Cc5cc(CN6CCN(C)CC6)ccc5N4)c3)cn2)cc1. The Morgan fingerprint density at radius 1 is 1.02 bits per heavy atom. The maximum Gasteiger partial charge on any atom is 0.258 e. The molecule has 0 bridgehead atoms. The third-order valence-electron chi connectivity index (χ3n) is 7.85. The van der Waals surface area contributed by atoms with Crippen molar-refractivity contribution in [3.05, 3.63) is 111 Å². The van der Waals surface area contributed by atoms with E-state index in [1.807, 2.05) is 0 Å². The number of piperazine rings is 1. The number of nitrogens with one attached hydrogen (secondary N) is 3. The van der Waals surface area contributed by atoms with Crippen molar-refractivity contribution in [3.63, 3.8) is 0 Å². The quantitative estimate of drug-likeness (QED) is 0.333. The fraction of sp³-hybridized carbons (Fsp3) is 0.323. The van der Waals surface area contributed by atoms with Gasteiger partial charge in [0.1, 0.15) is 0 Å². The zero-order valence-corrected chi connectivity index (χ0v) is 23.0. The normalized spacial score (nSPS) is 17.4. The second kappa shape index (κ2) is 11.1. The van der Waals surface area contributed by atoms with Gasteiger partial charge in [-0.3, -0.25) is 19.2 Å². The third kappa shape index (κ3) is 5.85. The lowest BCUT2D eigenvalue weighted by Gasteiger charge is -2.32. The van der Waals surface area contributed by atoms with E-state index in [9.17, 15) is 9.59 Å². The maximum absolute atomic E-state index is 13.0. The molecule has 4 heterocycles. The molecule has 9 nitrogen and oxygen atoms in total. The summed E-state index contributed by atoms with van der Waals surface area (Å²) < 4.78 is 1.75. The van der Waals surface area contributed by atoms with E-state index < -0.39 is 0 Å². The van der Waals surface area contributed by atoms with Crippen LogP contribution in [0.3, 0.4) is 0 Å². The van der Waals surface area contributed by atoms with E-state index in [1.54, 1.807) is 23.1 Å². The minimum absolute atomic E-state index is 0.160. The molecule has 0 spiro atoms. The van der Waals surface area contributed by atoms with Crippen LogP contribution in [0.4, 0.5) is 11.4 Å². The Morgan fingerprint density at radius 2 is 1.80 bits per heavy atom. The Labute approximate surface area is 233 Å². The maximum atomic E-state index is 13.0. The zero-order valence-electron chi connectivity index (χ0n) is 23.0. The molecule has 6 rings (SSSR count).